The zero-order valence-corrected chi connectivity index (χ0v) is 12.3. The van der Waals surface area contributed by atoms with Crippen LogP contribution in [0.5, 0.6) is 0 Å². The Morgan fingerprint density at radius 1 is 1.63 bits per heavy atom. The van der Waals surface area contributed by atoms with Gasteiger partial charge in [-0.1, -0.05) is 11.8 Å². The van der Waals surface area contributed by atoms with Crippen molar-refractivity contribution in [3.05, 3.63) is 21.7 Å². The van der Waals surface area contributed by atoms with Gasteiger partial charge in [-0.3, -0.25) is 9.59 Å². The molecule has 0 aromatic carbocycles. The molecule has 0 aliphatic carbocycles. The summed E-state index contributed by atoms with van der Waals surface area (Å²) < 4.78 is 5.97. The molecule has 100 valence electrons. The minimum absolute atomic E-state index is 0.240. The largest absolute Gasteiger partial charge is 0.481 e. The van der Waals surface area contributed by atoms with Crippen molar-refractivity contribution in [3.8, 4) is 0 Å². The van der Waals surface area contributed by atoms with E-state index in [1.165, 1.54) is 6.21 Å². The van der Waals surface area contributed by atoms with Crippen LogP contribution in [0.3, 0.4) is 0 Å². The molecule has 1 atom stereocenters. The number of hydrogen-bond donors (Lipinski definition) is 2. The second kappa shape index (κ2) is 6.19. The summed E-state index contributed by atoms with van der Waals surface area (Å²) in [7, 11) is 0. The Labute approximate surface area is 125 Å². The Hall–Kier alpha value is -1.36. The van der Waals surface area contributed by atoms with E-state index in [1.54, 1.807) is 12.1 Å². The van der Waals surface area contributed by atoms with Crippen LogP contribution < -0.4 is 5.32 Å². The number of carboxylic acids is 1. The van der Waals surface area contributed by atoms with Crippen molar-refractivity contribution in [2.24, 2.45) is 10.2 Å². The fourth-order valence-electron chi connectivity index (χ4n) is 1.28. The first kappa shape index (κ1) is 14.1. The van der Waals surface area contributed by atoms with E-state index in [2.05, 4.69) is 15.5 Å². The summed E-state index contributed by atoms with van der Waals surface area (Å²) in [5.74, 6) is -0.846. The molecular weight excluding hydrogens is 385 g/mol. The molecule has 2 heterocycles. The van der Waals surface area contributed by atoms with Gasteiger partial charge in [-0.2, -0.15) is 5.10 Å². The number of carbonyl (C=O) groups excluding carboxylic acids is 1. The summed E-state index contributed by atoms with van der Waals surface area (Å²) in [5, 5.41) is 18.3. The SMILES string of the molecule is O=C(O)CC1SC(=NN=Cc2ccc(I)o2)NC1=O. The van der Waals surface area contributed by atoms with Crippen LogP contribution in [0.25, 0.3) is 0 Å². The molecule has 0 spiro atoms. The minimum atomic E-state index is -1.03. The molecule has 1 unspecified atom stereocenters. The maximum absolute atomic E-state index is 11.4. The number of amidine groups is 1. The lowest BCUT2D eigenvalue weighted by molar-refractivity contribution is -0.138. The molecule has 1 amide bonds. The molecule has 2 rings (SSSR count). The van der Waals surface area contributed by atoms with E-state index in [0.29, 0.717) is 5.76 Å². The van der Waals surface area contributed by atoms with Crippen molar-refractivity contribution in [2.75, 3.05) is 0 Å². The van der Waals surface area contributed by atoms with E-state index in [4.69, 9.17) is 9.52 Å². The first-order valence-electron chi connectivity index (χ1n) is 5.10. The number of aliphatic carboxylic acids is 1. The van der Waals surface area contributed by atoms with Crippen molar-refractivity contribution in [2.45, 2.75) is 11.7 Å². The molecule has 1 aromatic heterocycles. The van der Waals surface area contributed by atoms with Gasteiger partial charge in [0.15, 0.2) is 8.93 Å². The van der Waals surface area contributed by atoms with Gasteiger partial charge in [-0.25, -0.2) is 0 Å². The van der Waals surface area contributed by atoms with Gasteiger partial charge in [0.1, 0.15) is 11.0 Å². The Bertz CT molecular complexity index is 569. The Morgan fingerprint density at radius 3 is 3.05 bits per heavy atom. The number of amides is 1. The first-order chi connectivity index (χ1) is 9.04. The van der Waals surface area contributed by atoms with Gasteiger partial charge in [-0.05, 0) is 34.7 Å². The predicted octanol–water partition coefficient (Wildman–Crippen LogP) is 1.28. The fraction of sp³-hybridized carbons (Fsp3) is 0.200. The van der Waals surface area contributed by atoms with Gasteiger partial charge in [0.05, 0.1) is 12.6 Å². The van der Waals surface area contributed by atoms with Crippen molar-refractivity contribution in [3.63, 3.8) is 0 Å². The molecule has 1 fully saturated rings. The van der Waals surface area contributed by atoms with E-state index in [9.17, 15) is 9.59 Å². The standard InChI is InChI=1S/C10H8IN3O4S/c11-7-2-1-5(18-7)4-12-14-10-13-9(17)6(19-10)3-8(15)16/h1-2,4,6H,3H2,(H,15,16)(H,13,14,17). The lowest BCUT2D eigenvalue weighted by Gasteiger charge is -1.97. The molecule has 1 saturated heterocycles. The van der Waals surface area contributed by atoms with Crippen LogP contribution in [0.4, 0.5) is 0 Å². The molecule has 9 heteroatoms. The van der Waals surface area contributed by atoms with Crippen LogP contribution in [0.1, 0.15) is 12.2 Å². The molecule has 1 aliphatic heterocycles. The van der Waals surface area contributed by atoms with E-state index < -0.39 is 11.2 Å². The number of thioether (sulfide) groups is 1. The van der Waals surface area contributed by atoms with Gasteiger partial charge in [-0.15, -0.1) is 5.10 Å². The Kier molecular flexibility index (Phi) is 4.58. The highest BCUT2D eigenvalue weighted by molar-refractivity contribution is 14.1. The molecule has 0 radical (unpaired) electrons. The summed E-state index contributed by atoms with van der Waals surface area (Å²) in [4.78, 5) is 21.9. The van der Waals surface area contributed by atoms with Gasteiger partial charge >= 0.3 is 5.97 Å². The average Bonchev–Trinajstić information content (AvgIpc) is 2.86. The van der Waals surface area contributed by atoms with Crippen LogP contribution in [0, 0.1) is 3.77 Å². The lowest BCUT2D eigenvalue weighted by Crippen LogP contribution is -2.26. The number of carboxylic acid groups (broad SMARTS) is 1. The van der Waals surface area contributed by atoms with Crippen LogP contribution in [-0.2, 0) is 9.59 Å². The molecule has 1 aromatic rings. The summed E-state index contributed by atoms with van der Waals surface area (Å²) in [5.41, 5.74) is 0. The monoisotopic (exact) mass is 393 g/mol. The lowest BCUT2D eigenvalue weighted by atomic mass is 10.3. The summed E-state index contributed by atoms with van der Waals surface area (Å²) in [6, 6.07) is 3.52. The van der Waals surface area contributed by atoms with Crippen molar-refractivity contribution >= 4 is 57.6 Å². The molecule has 0 saturated carbocycles. The van der Waals surface area contributed by atoms with Gasteiger partial charge < -0.3 is 14.8 Å². The third-order valence-electron chi connectivity index (χ3n) is 2.06. The van der Waals surface area contributed by atoms with Crippen LogP contribution in [0.2, 0.25) is 0 Å². The third kappa shape index (κ3) is 4.06. The van der Waals surface area contributed by atoms with Crippen molar-refractivity contribution < 1.29 is 19.1 Å². The minimum Gasteiger partial charge on any atom is -0.481 e. The van der Waals surface area contributed by atoms with E-state index in [0.717, 1.165) is 15.5 Å². The van der Waals surface area contributed by atoms with Crippen LogP contribution in [0.15, 0.2) is 26.8 Å². The topological polar surface area (TPSA) is 104 Å². The predicted molar refractivity (Wildman–Crippen MR) is 78.2 cm³/mol. The number of hydrogen-bond acceptors (Lipinski definition) is 6. The van der Waals surface area contributed by atoms with Gasteiger partial charge in [0.25, 0.3) is 0 Å². The smallest absolute Gasteiger partial charge is 0.305 e. The van der Waals surface area contributed by atoms with E-state index in [1.807, 2.05) is 22.6 Å². The van der Waals surface area contributed by atoms with E-state index in [-0.39, 0.29) is 17.5 Å². The van der Waals surface area contributed by atoms with Gasteiger partial charge in [0, 0.05) is 0 Å². The summed E-state index contributed by atoms with van der Waals surface area (Å²) in [6.45, 7) is 0. The normalized spacial score (nSPS) is 21.2. The molecule has 0 bridgehead atoms. The summed E-state index contributed by atoms with van der Waals surface area (Å²) >= 11 is 3.08. The Morgan fingerprint density at radius 2 is 2.42 bits per heavy atom. The molecule has 1 aliphatic rings. The highest BCUT2D eigenvalue weighted by atomic mass is 127. The number of nitrogens with zero attached hydrogens (tertiary/aromatic N) is 2. The van der Waals surface area contributed by atoms with Gasteiger partial charge in [0.2, 0.25) is 5.91 Å². The zero-order valence-electron chi connectivity index (χ0n) is 9.37. The average molecular weight is 393 g/mol. The quantitative estimate of drug-likeness (QED) is 0.456. The highest BCUT2D eigenvalue weighted by Crippen LogP contribution is 2.22. The molecular formula is C10H8IN3O4S. The first-order valence-corrected chi connectivity index (χ1v) is 7.06. The second-order valence-corrected chi connectivity index (χ2v) is 5.74. The number of nitrogens with one attached hydrogen (secondary N) is 1. The number of furan rings is 1. The van der Waals surface area contributed by atoms with Crippen molar-refractivity contribution in [1.29, 1.82) is 0 Å². The number of carbonyl (C=O) groups is 2. The zero-order chi connectivity index (χ0) is 13.8. The molecule has 7 nitrogen and oxygen atoms in total. The maximum atomic E-state index is 11.4. The molecule has 2 N–H and O–H groups in total. The van der Waals surface area contributed by atoms with Crippen LogP contribution >= 0.6 is 34.4 Å². The maximum Gasteiger partial charge on any atom is 0.305 e. The highest BCUT2D eigenvalue weighted by Gasteiger charge is 2.32. The van der Waals surface area contributed by atoms with E-state index >= 15 is 0 Å². The second-order valence-electron chi connectivity index (χ2n) is 3.49. The third-order valence-corrected chi connectivity index (χ3v) is 3.72. The number of rotatable bonds is 4. The summed E-state index contributed by atoms with van der Waals surface area (Å²) in [6.07, 6.45) is 1.17. The fourth-order valence-corrected chi connectivity index (χ4v) is 2.63. The number of halogens is 1. The van der Waals surface area contributed by atoms with Crippen molar-refractivity contribution in [1.82, 2.24) is 5.32 Å². The Balaban J connectivity index is 1.96. The molecule has 19 heavy (non-hydrogen) atoms. The van der Waals surface area contributed by atoms with Crippen LogP contribution in [-0.4, -0.2) is 33.6 Å².